The predicted octanol–water partition coefficient (Wildman–Crippen LogP) is 2.66. The topological polar surface area (TPSA) is 47.6 Å². The van der Waals surface area contributed by atoms with Crippen molar-refractivity contribution in [1.29, 1.82) is 0 Å². The fourth-order valence-corrected chi connectivity index (χ4v) is 3.28. The Bertz CT molecular complexity index is 592. The SMILES string of the molecule is Cc1ccc(Cl)cc1N1CCN(CC(=O)NCCCNC(C)(C)C)CC1. The molecule has 146 valence electrons. The van der Waals surface area contributed by atoms with Crippen molar-refractivity contribution in [3.05, 3.63) is 28.8 Å². The number of hydrogen-bond acceptors (Lipinski definition) is 4. The van der Waals surface area contributed by atoms with Gasteiger partial charge in [0.15, 0.2) is 0 Å². The van der Waals surface area contributed by atoms with Crippen LogP contribution in [0.5, 0.6) is 0 Å². The van der Waals surface area contributed by atoms with Crippen molar-refractivity contribution in [3.63, 3.8) is 0 Å². The second-order valence-corrected chi connectivity index (χ2v) is 8.51. The van der Waals surface area contributed by atoms with E-state index in [1.165, 1.54) is 11.3 Å². The zero-order valence-corrected chi connectivity index (χ0v) is 17.3. The fourth-order valence-electron chi connectivity index (χ4n) is 3.11. The Morgan fingerprint density at radius 3 is 2.50 bits per heavy atom. The summed E-state index contributed by atoms with van der Waals surface area (Å²) in [4.78, 5) is 16.7. The minimum absolute atomic E-state index is 0.119. The molecule has 1 saturated heterocycles. The number of amides is 1. The highest BCUT2D eigenvalue weighted by Gasteiger charge is 2.20. The van der Waals surface area contributed by atoms with E-state index in [0.29, 0.717) is 6.54 Å². The van der Waals surface area contributed by atoms with E-state index in [2.05, 4.69) is 54.2 Å². The van der Waals surface area contributed by atoms with Crippen LogP contribution in [0.4, 0.5) is 5.69 Å². The molecule has 0 radical (unpaired) electrons. The van der Waals surface area contributed by atoms with Gasteiger partial charge in [-0.25, -0.2) is 0 Å². The Balaban J connectivity index is 1.67. The van der Waals surface area contributed by atoms with Crippen LogP contribution >= 0.6 is 11.6 Å². The third kappa shape index (κ3) is 7.14. The number of rotatable bonds is 7. The maximum Gasteiger partial charge on any atom is 0.234 e. The van der Waals surface area contributed by atoms with Crippen LogP contribution in [0.15, 0.2) is 18.2 Å². The molecule has 1 amide bonds. The third-order valence-corrected chi connectivity index (χ3v) is 4.82. The van der Waals surface area contributed by atoms with Crippen LogP contribution in [0.3, 0.4) is 0 Å². The molecule has 1 aliphatic rings. The number of nitrogens with one attached hydrogen (secondary N) is 2. The van der Waals surface area contributed by atoms with E-state index >= 15 is 0 Å². The first-order valence-electron chi connectivity index (χ1n) is 9.50. The van der Waals surface area contributed by atoms with Gasteiger partial charge in [-0.15, -0.1) is 0 Å². The molecule has 1 aliphatic heterocycles. The molecule has 0 atom stereocenters. The molecule has 0 bridgehead atoms. The minimum Gasteiger partial charge on any atom is -0.369 e. The van der Waals surface area contributed by atoms with Gasteiger partial charge >= 0.3 is 0 Å². The van der Waals surface area contributed by atoms with Gasteiger partial charge in [-0.2, -0.15) is 0 Å². The second kappa shape index (κ2) is 9.58. The van der Waals surface area contributed by atoms with E-state index in [1.807, 2.05) is 12.1 Å². The summed E-state index contributed by atoms with van der Waals surface area (Å²) in [5.74, 6) is 0.119. The van der Waals surface area contributed by atoms with E-state index in [-0.39, 0.29) is 11.4 Å². The van der Waals surface area contributed by atoms with Gasteiger partial charge in [0.25, 0.3) is 0 Å². The van der Waals surface area contributed by atoms with Crippen molar-refractivity contribution in [2.75, 3.05) is 50.7 Å². The maximum absolute atomic E-state index is 12.1. The van der Waals surface area contributed by atoms with Crippen LogP contribution < -0.4 is 15.5 Å². The standard InChI is InChI=1S/C20H33ClN4O/c1-16-6-7-17(21)14-18(16)25-12-10-24(11-13-25)15-19(26)22-8-5-9-23-20(2,3)4/h6-7,14,23H,5,8-13,15H2,1-4H3,(H,22,26). The average molecular weight is 381 g/mol. The van der Waals surface area contributed by atoms with E-state index in [1.54, 1.807) is 0 Å². The lowest BCUT2D eigenvalue weighted by molar-refractivity contribution is -0.122. The van der Waals surface area contributed by atoms with Crippen LogP contribution in [-0.2, 0) is 4.79 Å². The first kappa shape index (κ1) is 21.0. The molecule has 1 heterocycles. The zero-order valence-electron chi connectivity index (χ0n) is 16.6. The normalized spacial score (nSPS) is 16.0. The van der Waals surface area contributed by atoms with Gasteiger partial charge in [0, 0.05) is 49.0 Å². The average Bonchev–Trinajstić information content (AvgIpc) is 2.56. The highest BCUT2D eigenvalue weighted by Crippen LogP contribution is 2.25. The number of anilines is 1. The number of nitrogens with zero attached hydrogens (tertiary/aromatic N) is 2. The Hall–Kier alpha value is -1.30. The van der Waals surface area contributed by atoms with Crippen molar-refractivity contribution in [2.24, 2.45) is 0 Å². The summed E-state index contributed by atoms with van der Waals surface area (Å²) >= 11 is 6.13. The predicted molar refractivity (Wildman–Crippen MR) is 110 cm³/mol. The highest BCUT2D eigenvalue weighted by molar-refractivity contribution is 6.30. The number of carbonyl (C=O) groups is 1. The molecule has 1 aromatic rings. The van der Waals surface area contributed by atoms with Crippen LogP contribution in [0.25, 0.3) is 0 Å². The van der Waals surface area contributed by atoms with Gasteiger partial charge in [0.05, 0.1) is 6.54 Å². The minimum atomic E-state index is 0.119. The molecule has 2 rings (SSSR count). The van der Waals surface area contributed by atoms with E-state index in [9.17, 15) is 4.79 Å². The summed E-state index contributed by atoms with van der Waals surface area (Å²) in [6.07, 6.45) is 0.949. The van der Waals surface area contributed by atoms with Crippen LogP contribution in [0, 0.1) is 6.92 Å². The molecule has 5 nitrogen and oxygen atoms in total. The van der Waals surface area contributed by atoms with Gasteiger partial charge in [-0.1, -0.05) is 17.7 Å². The van der Waals surface area contributed by atoms with E-state index in [4.69, 9.17) is 11.6 Å². The number of halogens is 1. The van der Waals surface area contributed by atoms with Crippen molar-refractivity contribution in [3.8, 4) is 0 Å². The summed E-state index contributed by atoms with van der Waals surface area (Å²) in [5, 5.41) is 7.22. The largest absolute Gasteiger partial charge is 0.369 e. The van der Waals surface area contributed by atoms with Gasteiger partial charge in [0.2, 0.25) is 5.91 Å². The molecule has 26 heavy (non-hydrogen) atoms. The maximum atomic E-state index is 12.1. The van der Waals surface area contributed by atoms with E-state index < -0.39 is 0 Å². The summed E-state index contributed by atoms with van der Waals surface area (Å²) < 4.78 is 0. The summed E-state index contributed by atoms with van der Waals surface area (Å²) in [5.41, 5.74) is 2.57. The molecule has 1 aromatic carbocycles. The van der Waals surface area contributed by atoms with Gasteiger partial charge in [0.1, 0.15) is 0 Å². The van der Waals surface area contributed by atoms with Gasteiger partial charge in [-0.3, -0.25) is 9.69 Å². The lowest BCUT2D eigenvalue weighted by Gasteiger charge is -2.36. The summed E-state index contributed by atoms with van der Waals surface area (Å²) in [7, 11) is 0. The molecular formula is C20H33ClN4O. The monoisotopic (exact) mass is 380 g/mol. The van der Waals surface area contributed by atoms with Crippen molar-refractivity contribution < 1.29 is 4.79 Å². The number of benzene rings is 1. The molecule has 0 saturated carbocycles. The summed E-state index contributed by atoms with van der Waals surface area (Å²) in [6, 6.07) is 6.02. The second-order valence-electron chi connectivity index (χ2n) is 8.07. The molecule has 6 heteroatoms. The van der Waals surface area contributed by atoms with E-state index in [0.717, 1.165) is 50.7 Å². The molecule has 0 aromatic heterocycles. The lowest BCUT2D eigenvalue weighted by atomic mass is 10.1. The van der Waals surface area contributed by atoms with Gasteiger partial charge < -0.3 is 15.5 Å². The van der Waals surface area contributed by atoms with Crippen LogP contribution in [-0.4, -0.2) is 62.2 Å². The number of aryl methyl sites for hydroxylation is 1. The van der Waals surface area contributed by atoms with Crippen molar-refractivity contribution in [2.45, 2.75) is 39.7 Å². The Kier molecular flexibility index (Phi) is 7.74. The molecule has 0 spiro atoms. The highest BCUT2D eigenvalue weighted by atomic mass is 35.5. The number of carbonyl (C=O) groups excluding carboxylic acids is 1. The molecule has 1 fully saturated rings. The lowest BCUT2D eigenvalue weighted by Crippen LogP contribution is -2.49. The van der Waals surface area contributed by atoms with Crippen molar-refractivity contribution >= 4 is 23.2 Å². The fraction of sp³-hybridized carbons (Fsp3) is 0.650. The molecule has 0 unspecified atom stereocenters. The molecule has 0 aliphatic carbocycles. The smallest absolute Gasteiger partial charge is 0.234 e. The number of hydrogen-bond donors (Lipinski definition) is 2. The zero-order chi connectivity index (χ0) is 19.2. The Labute approximate surface area is 163 Å². The van der Waals surface area contributed by atoms with Gasteiger partial charge in [-0.05, 0) is 58.4 Å². The summed E-state index contributed by atoms with van der Waals surface area (Å²) in [6.45, 7) is 14.3. The van der Waals surface area contributed by atoms with Crippen LogP contribution in [0.1, 0.15) is 32.8 Å². The van der Waals surface area contributed by atoms with Crippen LogP contribution in [0.2, 0.25) is 5.02 Å². The molecular weight excluding hydrogens is 348 g/mol. The first-order chi connectivity index (χ1) is 12.2. The Morgan fingerprint density at radius 2 is 1.85 bits per heavy atom. The van der Waals surface area contributed by atoms with Crippen molar-refractivity contribution in [1.82, 2.24) is 15.5 Å². The third-order valence-electron chi connectivity index (χ3n) is 4.58. The first-order valence-corrected chi connectivity index (χ1v) is 9.87. The Morgan fingerprint density at radius 1 is 1.15 bits per heavy atom. The quantitative estimate of drug-likeness (QED) is 0.714. The molecule has 2 N–H and O–H groups in total. The number of piperazine rings is 1.